The second-order valence-electron chi connectivity index (χ2n) is 1.85. The highest BCUT2D eigenvalue weighted by molar-refractivity contribution is 4.74. The molecular weight excluding hydrogens is 114 g/mol. The van der Waals surface area contributed by atoms with E-state index >= 15 is 0 Å². The first-order chi connectivity index (χ1) is 4.35. The third kappa shape index (κ3) is 3.99. The van der Waals surface area contributed by atoms with Gasteiger partial charge in [-0.2, -0.15) is 5.26 Å². The molecule has 1 atom stereocenters. The Kier molecular flexibility index (Phi) is 5.24. The van der Waals surface area contributed by atoms with Crippen LogP contribution in [-0.4, -0.2) is 12.7 Å². The zero-order valence-electron chi connectivity index (χ0n) is 6.05. The number of ether oxygens (including phenoxy) is 1. The van der Waals surface area contributed by atoms with Crippen molar-refractivity contribution in [1.82, 2.24) is 0 Å². The van der Waals surface area contributed by atoms with Gasteiger partial charge in [0.2, 0.25) is 0 Å². The zero-order valence-corrected chi connectivity index (χ0v) is 6.05. The number of hydrogen-bond acceptors (Lipinski definition) is 2. The van der Waals surface area contributed by atoms with Crippen LogP contribution in [0.25, 0.3) is 0 Å². The van der Waals surface area contributed by atoms with E-state index in [2.05, 4.69) is 6.07 Å². The molecule has 2 heteroatoms. The van der Waals surface area contributed by atoms with Crippen LogP contribution in [0, 0.1) is 11.3 Å². The molecule has 0 saturated carbocycles. The first-order valence-corrected chi connectivity index (χ1v) is 3.33. The zero-order chi connectivity index (χ0) is 7.11. The van der Waals surface area contributed by atoms with Crippen molar-refractivity contribution in [3.63, 3.8) is 0 Å². The van der Waals surface area contributed by atoms with Gasteiger partial charge in [0.15, 0.2) is 0 Å². The summed E-state index contributed by atoms with van der Waals surface area (Å²) in [6.07, 6.45) is 1.60. The molecule has 0 heterocycles. The lowest BCUT2D eigenvalue weighted by molar-refractivity contribution is 0.0637. The van der Waals surface area contributed by atoms with Crippen LogP contribution in [0.5, 0.6) is 0 Å². The van der Waals surface area contributed by atoms with Gasteiger partial charge < -0.3 is 4.74 Å². The first kappa shape index (κ1) is 8.45. The van der Waals surface area contributed by atoms with Crippen LogP contribution in [0.15, 0.2) is 0 Å². The minimum absolute atomic E-state index is 0.153. The van der Waals surface area contributed by atoms with Gasteiger partial charge in [0, 0.05) is 6.61 Å². The molecule has 9 heavy (non-hydrogen) atoms. The van der Waals surface area contributed by atoms with E-state index < -0.39 is 0 Å². The summed E-state index contributed by atoms with van der Waals surface area (Å²) >= 11 is 0. The Morgan fingerprint density at radius 2 is 2.22 bits per heavy atom. The Balaban J connectivity index is 3.32. The summed E-state index contributed by atoms with van der Waals surface area (Å²) < 4.78 is 5.21. The Bertz CT molecular complexity index is 95.6. The molecule has 2 nitrogen and oxygen atoms in total. The molecular formula is C7H13NO. The van der Waals surface area contributed by atoms with E-state index in [1.807, 2.05) is 13.8 Å². The SMILES string of the molecule is CCOC(CC)CC#N. The Morgan fingerprint density at radius 3 is 2.56 bits per heavy atom. The third-order valence-electron chi connectivity index (χ3n) is 1.18. The summed E-state index contributed by atoms with van der Waals surface area (Å²) in [5.74, 6) is 0. The molecule has 0 N–H and O–H groups in total. The summed E-state index contributed by atoms with van der Waals surface area (Å²) in [5.41, 5.74) is 0. The lowest BCUT2D eigenvalue weighted by Gasteiger charge is -2.09. The number of hydrogen-bond donors (Lipinski definition) is 0. The quantitative estimate of drug-likeness (QED) is 0.576. The van der Waals surface area contributed by atoms with Crippen LogP contribution < -0.4 is 0 Å². The van der Waals surface area contributed by atoms with Crippen molar-refractivity contribution in [3.05, 3.63) is 0 Å². The topological polar surface area (TPSA) is 33.0 Å². The summed E-state index contributed by atoms with van der Waals surface area (Å²) in [6, 6.07) is 2.08. The fourth-order valence-electron chi connectivity index (χ4n) is 0.659. The van der Waals surface area contributed by atoms with E-state index in [9.17, 15) is 0 Å². The van der Waals surface area contributed by atoms with Crippen LogP contribution in [0.1, 0.15) is 26.7 Å². The average molecular weight is 127 g/mol. The molecule has 1 unspecified atom stereocenters. The van der Waals surface area contributed by atoms with Gasteiger partial charge in [-0.25, -0.2) is 0 Å². The van der Waals surface area contributed by atoms with Gasteiger partial charge in [-0.15, -0.1) is 0 Å². The van der Waals surface area contributed by atoms with Crippen LogP contribution >= 0.6 is 0 Å². The minimum Gasteiger partial charge on any atom is -0.377 e. The predicted octanol–water partition coefficient (Wildman–Crippen LogP) is 1.72. The van der Waals surface area contributed by atoms with Gasteiger partial charge >= 0.3 is 0 Å². The molecule has 0 spiro atoms. The lowest BCUT2D eigenvalue weighted by atomic mass is 10.2. The predicted molar refractivity (Wildman–Crippen MR) is 35.9 cm³/mol. The summed E-state index contributed by atoms with van der Waals surface area (Å²) in [5, 5.41) is 8.26. The van der Waals surface area contributed by atoms with Gasteiger partial charge in [0.1, 0.15) is 0 Å². The van der Waals surface area contributed by atoms with E-state index in [-0.39, 0.29) is 6.10 Å². The highest BCUT2D eigenvalue weighted by Crippen LogP contribution is 2.00. The smallest absolute Gasteiger partial charge is 0.0702 e. The molecule has 0 amide bonds. The number of rotatable bonds is 4. The molecule has 0 saturated heterocycles. The highest BCUT2D eigenvalue weighted by atomic mass is 16.5. The van der Waals surface area contributed by atoms with Crippen molar-refractivity contribution in [2.24, 2.45) is 0 Å². The van der Waals surface area contributed by atoms with Crippen LogP contribution in [-0.2, 0) is 4.74 Å². The van der Waals surface area contributed by atoms with Crippen LogP contribution in [0.3, 0.4) is 0 Å². The summed E-state index contributed by atoms with van der Waals surface area (Å²) in [6.45, 7) is 4.68. The lowest BCUT2D eigenvalue weighted by Crippen LogP contribution is -2.09. The third-order valence-corrected chi connectivity index (χ3v) is 1.18. The molecule has 0 fully saturated rings. The van der Waals surface area contributed by atoms with E-state index in [4.69, 9.17) is 10.00 Å². The van der Waals surface area contributed by atoms with E-state index in [1.54, 1.807) is 0 Å². The first-order valence-electron chi connectivity index (χ1n) is 3.33. The van der Waals surface area contributed by atoms with Gasteiger partial charge in [-0.1, -0.05) is 6.92 Å². The number of nitriles is 1. The van der Waals surface area contributed by atoms with Crippen molar-refractivity contribution >= 4 is 0 Å². The van der Waals surface area contributed by atoms with Gasteiger partial charge in [0.25, 0.3) is 0 Å². The molecule has 0 aromatic carbocycles. The fourth-order valence-corrected chi connectivity index (χ4v) is 0.659. The standard InChI is InChI=1S/C7H13NO/c1-3-7(5-6-8)9-4-2/h7H,3-5H2,1-2H3. The molecule has 0 aliphatic carbocycles. The monoisotopic (exact) mass is 127 g/mol. The van der Waals surface area contributed by atoms with E-state index in [0.29, 0.717) is 13.0 Å². The maximum Gasteiger partial charge on any atom is 0.0702 e. The average Bonchev–Trinajstić information content (AvgIpc) is 1.88. The summed E-state index contributed by atoms with van der Waals surface area (Å²) in [7, 11) is 0. The van der Waals surface area contributed by atoms with Gasteiger partial charge in [-0.3, -0.25) is 0 Å². The van der Waals surface area contributed by atoms with E-state index in [0.717, 1.165) is 6.42 Å². The Hall–Kier alpha value is -0.550. The molecule has 0 radical (unpaired) electrons. The molecule has 0 aromatic rings. The van der Waals surface area contributed by atoms with Crippen LogP contribution in [0.2, 0.25) is 0 Å². The normalized spacial score (nSPS) is 12.6. The van der Waals surface area contributed by atoms with Crippen molar-refractivity contribution in [3.8, 4) is 6.07 Å². The maximum atomic E-state index is 8.26. The molecule has 52 valence electrons. The fraction of sp³-hybridized carbons (Fsp3) is 0.857. The van der Waals surface area contributed by atoms with Gasteiger partial charge in [-0.05, 0) is 13.3 Å². The second-order valence-corrected chi connectivity index (χ2v) is 1.85. The Labute approximate surface area is 56.4 Å². The van der Waals surface area contributed by atoms with Crippen molar-refractivity contribution in [1.29, 1.82) is 5.26 Å². The summed E-state index contributed by atoms with van der Waals surface area (Å²) in [4.78, 5) is 0. The van der Waals surface area contributed by atoms with Gasteiger partial charge in [0.05, 0.1) is 18.6 Å². The molecule has 0 rings (SSSR count). The molecule has 0 bridgehead atoms. The van der Waals surface area contributed by atoms with Crippen molar-refractivity contribution in [2.45, 2.75) is 32.8 Å². The van der Waals surface area contributed by atoms with Crippen LogP contribution in [0.4, 0.5) is 0 Å². The largest absolute Gasteiger partial charge is 0.377 e. The van der Waals surface area contributed by atoms with E-state index in [1.165, 1.54) is 0 Å². The van der Waals surface area contributed by atoms with Crippen molar-refractivity contribution < 1.29 is 4.74 Å². The van der Waals surface area contributed by atoms with Crippen molar-refractivity contribution in [2.75, 3.05) is 6.61 Å². The number of nitrogens with zero attached hydrogens (tertiary/aromatic N) is 1. The maximum absolute atomic E-state index is 8.26. The second kappa shape index (κ2) is 5.58. The molecule has 0 aromatic heterocycles. The molecule has 0 aliphatic rings. The minimum atomic E-state index is 0.153. The Morgan fingerprint density at radius 1 is 1.56 bits per heavy atom. The molecule has 0 aliphatic heterocycles. The highest BCUT2D eigenvalue weighted by Gasteiger charge is 2.02.